The van der Waals surface area contributed by atoms with E-state index in [4.69, 9.17) is 0 Å². The third-order valence-corrected chi connectivity index (χ3v) is 5.44. The van der Waals surface area contributed by atoms with E-state index in [1.807, 2.05) is 48.5 Å². The normalized spacial score (nSPS) is 14.6. The van der Waals surface area contributed by atoms with Gasteiger partial charge in [0.15, 0.2) is 0 Å². The molecule has 1 saturated carbocycles. The fourth-order valence-electron chi connectivity index (χ4n) is 3.91. The van der Waals surface area contributed by atoms with Crippen LogP contribution in [0.2, 0.25) is 0 Å². The van der Waals surface area contributed by atoms with Crippen LogP contribution in [0.3, 0.4) is 0 Å². The SMILES string of the molecule is O=C(NC1CCCCC1)N(Cc1ccccc1)Cc1nc2ccccc2c(=O)[nH]1. The molecule has 2 N–H and O–H groups in total. The van der Waals surface area contributed by atoms with E-state index in [-0.39, 0.29) is 24.2 Å². The Morgan fingerprint density at radius 1 is 1.00 bits per heavy atom. The Bertz CT molecular complexity index is 1030. The molecule has 3 aromatic rings. The summed E-state index contributed by atoms with van der Waals surface area (Å²) in [6.45, 7) is 0.698. The van der Waals surface area contributed by atoms with E-state index in [1.54, 1.807) is 11.0 Å². The van der Waals surface area contributed by atoms with Gasteiger partial charge in [0.25, 0.3) is 5.56 Å². The second-order valence-corrected chi connectivity index (χ2v) is 7.66. The minimum absolute atomic E-state index is 0.114. The maximum Gasteiger partial charge on any atom is 0.318 e. The highest BCUT2D eigenvalue weighted by molar-refractivity contribution is 5.77. The summed E-state index contributed by atoms with van der Waals surface area (Å²) in [5.74, 6) is 0.489. The molecule has 1 aliphatic rings. The first-order chi connectivity index (χ1) is 14.2. The average Bonchev–Trinajstić information content (AvgIpc) is 2.75. The number of rotatable bonds is 5. The number of urea groups is 1. The Hall–Kier alpha value is -3.15. The number of nitrogens with one attached hydrogen (secondary N) is 2. The number of carbonyl (C=O) groups is 1. The lowest BCUT2D eigenvalue weighted by atomic mass is 9.96. The molecule has 29 heavy (non-hydrogen) atoms. The molecule has 1 fully saturated rings. The van der Waals surface area contributed by atoms with Gasteiger partial charge in [-0.15, -0.1) is 0 Å². The topological polar surface area (TPSA) is 78.1 Å². The van der Waals surface area contributed by atoms with Crippen molar-refractivity contribution in [1.29, 1.82) is 0 Å². The van der Waals surface area contributed by atoms with E-state index in [9.17, 15) is 9.59 Å². The lowest BCUT2D eigenvalue weighted by Crippen LogP contribution is -2.45. The lowest BCUT2D eigenvalue weighted by Gasteiger charge is -2.28. The fourth-order valence-corrected chi connectivity index (χ4v) is 3.91. The third kappa shape index (κ3) is 4.83. The van der Waals surface area contributed by atoms with Crippen LogP contribution in [0.25, 0.3) is 10.9 Å². The molecule has 1 heterocycles. The molecule has 0 saturated heterocycles. The predicted molar refractivity (Wildman–Crippen MR) is 113 cm³/mol. The molecule has 0 unspecified atom stereocenters. The Kier molecular flexibility index (Phi) is 5.89. The predicted octanol–water partition coefficient (Wildman–Crippen LogP) is 3.97. The van der Waals surface area contributed by atoms with Crippen molar-refractivity contribution in [3.63, 3.8) is 0 Å². The number of aromatic nitrogens is 2. The standard InChI is InChI=1S/C23H26N4O2/c28-22-19-13-7-8-14-20(19)25-21(26-22)16-27(15-17-9-3-1-4-10-17)23(29)24-18-11-5-2-6-12-18/h1,3-4,7-10,13-14,18H,2,5-6,11-12,15-16H2,(H,24,29)(H,25,26,28). The molecule has 4 rings (SSSR count). The number of aromatic amines is 1. The summed E-state index contributed by atoms with van der Waals surface area (Å²) in [5, 5.41) is 3.73. The van der Waals surface area contributed by atoms with Crippen LogP contribution >= 0.6 is 0 Å². The zero-order valence-electron chi connectivity index (χ0n) is 16.4. The van der Waals surface area contributed by atoms with Crippen LogP contribution in [0.4, 0.5) is 4.79 Å². The van der Waals surface area contributed by atoms with Crippen LogP contribution in [0.5, 0.6) is 0 Å². The highest BCUT2D eigenvalue weighted by Gasteiger charge is 2.21. The first-order valence-electron chi connectivity index (χ1n) is 10.3. The fraction of sp³-hybridized carbons (Fsp3) is 0.348. The Morgan fingerprint density at radius 2 is 1.72 bits per heavy atom. The number of carbonyl (C=O) groups excluding carboxylic acids is 1. The number of amides is 2. The summed E-state index contributed by atoms with van der Waals surface area (Å²) in [7, 11) is 0. The summed E-state index contributed by atoms with van der Waals surface area (Å²) >= 11 is 0. The number of hydrogen-bond donors (Lipinski definition) is 2. The van der Waals surface area contributed by atoms with E-state index >= 15 is 0 Å². The minimum atomic E-state index is -0.182. The minimum Gasteiger partial charge on any atom is -0.335 e. The van der Waals surface area contributed by atoms with Crippen LogP contribution in [-0.4, -0.2) is 26.9 Å². The maximum atomic E-state index is 13.1. The Balaban J connectivity index is 1.57. The van der Waals surface area contributed by atoms with Crippen LogP contribution < -0.4 is 10.9 Å². The summed E-state index contributed by atoms with van der Waals surface area (Å²) < 4.78 is 0. The van der Waals surface area contributed by atoms with E-state index in [1.165, 1.54) is 6.42 Å². The highest BCUT2D eigenvalue weighted by atomic mass is 16.2. The van der Waals surface area contributed by atoms with E-state index < -0.39 is 0 Å². The molecular formula is C23H26N4O2. The third-order valence-electron chi connectivity index (χ3n) is 5.44. The van der Waals surface area contributed by atoms with Gasteiger partial charge < -0.3 is 15.2 Å². The van der Waals surface area contributed by atoms with Gasteiger partial charge in [0.05, 0.1) is 17.4 Å². The van der Waals surface area contributed by atoms with Crippen LogP contribution in [0.15, 0.2) is 59.4 Å². The summed E-state index contributed by atoms with van der Waals surface area (Å²) in [6.07, 6.45) is 5.60. The van der Waals surface area contributed by atoms with Crippen molar-refractivity contribution in [3.8, 4) is 0 Å². The van der Waals surface area contributed by atoms with Crippen molar-refractivity contribution < 1.29 is 4.79 Å². The van der Waals surface area contributed by atoms with Crippen molar-refractivity contribution in [1.82, 2.24) is 20.2 Å². The molecule has 1 aromatic heterocycles. The van der Waals surface area contributed by atoms with Gasteiger partial charge in [0.1, 0.15) is 5.82 Å². The Labute approximate surface area is 170 Å². The van der Waals surface area contributed by atoms with Gasteiger partial charge in [-0.1, -0.05) is 61.7 Å². The lowest BCUT2D eigenvalue weighted by molar-refractivity contribution is 0.183. The molecule has 0 aliphatic heterocycles. The second-order valence-electron chi connectivity index (χ2n) is 7.66. The summed E-state index contributed by atoms with van der Waals surface area (Å²) in [4.78, 5) is 34.6. The van der Waals surface area contributed by atoms with E-state index in [0.717, 1.165) is 31.2 Å². The molecule has 6 nitrogen and oxygen atoms in total. The van der Waals surface area contributed by atoms with Gasteiger partial charge in [-0.3, -0.25) is 4.79 Å². The zero-order valence-corrected chi connectivity index (χ0v) is 16.4. The largest absolute Gasteiger partial charge is 0.335 e. The van der Waals surface area contributed by atoms with Crippen LogP contribution in [0, 0.1) is 0 Å². The summed E-state index contributed by atoms with van der Waals surface area (Å²) in [5.41, 5.74) is 1.49. The molecule has 0 spiro atoms. The summed E-state index contributed by atoms with van der Waals surface area (Å²) in [6, 6.07) is 17.2. The number of para-hydroxylation sites is 1. The number of H-pyrrole nitrogens is 1. The van der Waals surface area contributed by atoms with Gasteiger partial charge in [-0.25, -0.2) is 9.78 Å². The highest BCUT2D eigenvalue weighted by Crippen LogP contribution is 2.18. The monoisotopic (exact) mass is 390 g/mol. The number of nitrogens with zero attached hydrogens (tertiary/aromatic N) is 2. The van der Waals surface area contributed by atoms with Gasteiger partial charge in [-0.2, -0.15) is 0 Å². The smallest absolute Gasteiger partial charge is 0.318 e. The molecule has 0 atom stereocenters. The average molecular weight is 390 g/mol. The van der Waals surface area contributed by atoms with Crippen molar-refractivity contribution in [3.05, 3.63) is 76.3 Å². The molecule has 2 amide bonds. The van der Waals surface area contributed by atoms with Crippen molar-refractivity contribution >= 4 is 16.9 Å². The zero-order chi connectivity index (χ0) is 20.1. The number of fused-ring (bicyclic) bond motifs is 1. The molecule has 6 heteroatoms. The molecule has 1 aliphatic carbocycles. The van der Waals surface area contributed by atoms with Gasteiger partial charge >= 0.3 is 6.03 Å². The van der Waals surface area contributed by atoms with Gasteiger partial charge in [0, 0.05) is 12.6 Å². The molecule has 2 aromatic carbocycles. The molecule has 0 radical (unpaired) electrons. The van der Waals surface area contributed by atoms with E-state index in [2.05, 4.69) is 15.3 Å². The Morgan fingerprint density at radius 3 is 2.52 bits per heavy atom. The van der Waals surface area contributed by atoms with Gasteiger partial charge in [-0.05, 0) is 30.5 Å². The first kappa shape index (κ1) is 19.2. The van der Waals surface area contributed by atoms with Gasteiger partial charge in [0.2, 0.25) is 0 Å². The number of benzene rings is 2. The van der Waals surface area contributed by atoms with Crippen molar-refractivity contribution in [2.24, 2.45) is 0 Å². The van der Waals surface area contributed by atoms with Crippen LogP contribution in [-0.2, 0) is 13.1 Å². The molecule has 0 bridgehead atoms. The van der Waals surface area contributed by atoms with Crippen LogP contribution in [0.1, 0.15) is 43.5 Å². The second kappa shape index (κ2) is 8.90. The van der Waals surface area contributed by atoms with E-state index in [0.29, 0.717) is 23.3 Å². The quantitative estimate of drug-likeness (QED) is 0.692. The van der Waals surface area contributed by atoms with Crippen molar-refractivity contribution in [2.45, 2.75) is 51.2 Å². The number of hydrogen-bond acceptors (Lipinski definition) is 3. The maximum absolute atomic E-state index is 13.1. The van der Waals surface area contributed by atoms with Crippen molar-refractivity contribution in [2.75, 3.05) is 0 Å². The molecule has 150 valence electrons. The first-order valence-corrected chi connectivity index (χ1v) is 10.3. The molecular weight excluding hydrogens is 364 g/mol.